The van der Waals surface area contributed by atoms with E-state index in [1.165, 1.54) is 63.5 Å². The second-order valence-corrected chi connectivity index (χ2v) is 7.12. The Morgan fingerprint density at radius 1 is 0.818 bits per heavy atom. The molecule has 0 fully saturated rings. The van der Waals surface area contributed by atoms with Crippen LogP contribution in [0.25, 0.3) is 0 Å². The molecule has 3 nitrogen and oxygen atoms in total. The van der Waals surface area contributed by atoms with E-state index in [0.29, 0.717) is 0 Å². The third-order valence-corrected chi connectivity index (χ3v) is 4.66. The van der Waals surface area contributed by atoms with Crippen LogP contribution >= 0.6 is 0 Å². The molecule has 1 N–H and O–H groups in total. The number of aryl methyl sites for hydroxylation is 1. The molecule has 0 aromatic heterocycles. The average molecular weight is 335 g/mol. The molecule has 0 saturated carbocycles. The molecule has 1 radical (unpaired) electrons. The maximum absolute atomic E-state index is 10.9. The van der Waals surface area contributed by atoms with Gasteiger partial charge in [0.1, 0.15) is 0 Å². The Balaban J connectivity index is 0.00000441. The number of hydrogen-bond donors (Lipinski definition) is 1. The van der Waals surface area contributed by atoms with Crippen molar-refractivity contribution in [2.75, 3.05) is 0 Å². The monoisotopic (exact) mass is 335 g/mol. The minimum Gasteiger partial charge on any atom is -0.282 e. The van der Waals surface area contributed by atoms with Gasteiger partial charge in [0, 0.05) is 29.6 Å². The van der Waals surface area contributed by atoms with E-state index >= 15 is 0 Å². The number of benzene rings is 1. The van der Waals surface area contributed by atoms with Crippen LogP contribution in [0.3, 0.4) is 0 Å². The zero-order valence-electron chi connectivity index (χ0n) is 14.1. The van der Waals surface area contributed by atoms with Crippen LogP contribution in [0.1, 0.15) is 70.3 Å². The van der Waals surface area contributed by atoms with E-state index in [1.807, 2.05) is 0 Å². The minimum absolute atomic E-state index is 0. The van der Waals surface area contributed by atoms with Crippen LogP contribution in [0.15, 0.2) is 29.2 Å². The van der Waals surface area contributed by atoms with Crippen molar-refractivity contribution in [3.8, 4) is 0 Å². The van der Waals surface area contributed by atoms with E-state index in [9.17, 15) is 8.42 Å². The SMILES string of the molecule is CCCCCCCCCCCc1ccc(S(=O)(=O)O)cc1.[Na]. The van der Waals surface area contributed by atoms with E-state index in [4.69, 9.17) is 4.55 Å². The van der Waals surface area contributed by atoms with Crippen LogP contribution in [0.4, 0.5) is 0 Å². The molecule has 121 valence electrons. The first kappa shape index (κ1) is 22.1. The van der Waals surface area contributed by atoms with Crippen molar-refractivity contribution in [2.45, 2.75) is 76.0 Å². The van der Waals surface area contributed by atoms with E-state index in [1.54, 1.807) is 12.1 Å². The molecule has 1 rings (SSSR count). The maximum atomic E-state index is 10.9. The molecule has 0 aliphatic rings. The van der Waals surface area contributed by atoms with Crippen molar-refractivity contribution in [2.24, 2.45) is 0 Å². The molecule has 0 spiro atoms. The van der Waals surface area contributed by atoms with Crippen LogP contribution in [-0.2, 0) is 16.5 Å². The molecule has 0 atom stereocenters. The molecule has 22 heavy (non-hydrogen) atoms. The normalized spacial score (nSPS) is 11.2. The van der Waals surface area contributed by atoms with Crippen LogP contribution in [0.5, 0.6) is 0 Å². The predicted molar refractivity (Wildman–Crippen MR) is 92.9 cm³/mol. The molecule has 1 aromatic rings. The number of unbranched alkanes of at least 4 members (excludes halogenated alkanes) is 8. The second-order valence-electron chi connectivity index (χ2n) is 5.70. The van der Waals surface area contributed by atoms with E-state index in [-0.39, 0.29) is 34.5 Å². The van der Waals surface area contributed by atoms with E-state index in [2.05, 4.69) is 6.92 Å². The van der Waals surface area contributed by atoms with Gasteiger partial charge in [-0.25, -0.2) is 0 Å². The largest absolute Gasteiger partial charge is 0.294 e. The van der Waals surface area contributed by atoms with Gasteiger partial charge in [0.15, 0.2) is 0 Å². The Kier molecular flexibility index (Phi) is 12.6. The van der Waals surface area contributed by atoms with Gasteiger partial charge in [-0.1, -0.05) is 70.4 Å². The fraction of sp³-hybridized carbons (Fsp3) is 0.647. The van der Waals surface area contributed by atoms with Crippen LogP contribution in [0, 0.1) is 0 Å². The molecular formula is C17H28NaO3S. The van der Waals surface area contributed by atoms with Gasteiger partial charge < -0.3 is 0 Å². The summed E-state index contributed by atoms with van der Waals surface area (Å²) < 4.78 is 30.8. The molecule has 5 heteroatoms. The Morgan fingerprint density at radius 2 is 1.27 bits per heavy atom. The minimum atomic E-state index is -4.06. The third-order valence-electron chi connectivity index (χ3n) is 3.79. The Morgan fingerprint density at radius 3 is 1.73 bits per heavy atom. The molecule has 0 aliphatic carbocycles. The van der Waals surface area contributed by atoms with Crippen molar-refractivity contribution in [3.05, 3.63) is 29.8 Å². The molecule has 0 unspecified atom stereocenters. The molecule has 1 aromatic carbocycles. The summed E-state index contributed by atoms with van der Waals surface area (Å²) in [5.74, 6) is 0. The summed E-state index contributed by atoms with van der Waals surface area (Å²) in [5, 5.41) is 0. The fourth-order valence-electron chi connectivity index (χ4n) is 2.47. The van der Waals surface area contributed by atoms with Crippen molar-refractivity contribution in [1.82, 2.24) is 0 Å². The summed E-state index contributed by atoms with van der Waals surface area (Å²) in [6, 6.07) is 6.51. The molecule has 0 bridgehead atoms. The molecule has 0 aliphatic heterocycles. The van der Waals surface area contributed by atoms with Gasteiger partial charge in [0.05, 0.1) is 4.90 Å². The van der Waals surface area contributed by atoms with Crippen molar-refractivity contribution in [1.29, 1.82) is 0 Å². The summed E-state index contributed by atoms with van der Waals surface area (Å²) in [5.41, 5.74) is 1.13. The Hall–Kier alpha value is 0.130. The van der Waals surface area contributed by atoms with Crippen LogP contribution in [-0.4, -0.2) is 42.5 Å². The quantitative estimate of drug-likeness (QED) is 0.364. The van der Waals surface area contributed by atoms with Gasteiger partial charge >= 0.3 is 0 Å². The van der Waals surface area contributed by atoms with Gasteiger partial charge in [0.25, 0.3) is 10.1 Å². The molecular weight excluding hydrogens is 307 g/mol. The summed E-state index contributed by atoms with van der Waals surface area (Å²) >= 11 is 0. The summed E-state index contributed by atoms with van der Waals surface area (Å²) in [6.45, 7) is 2.24. The van der Waals surface area contributed by atoms with Gasteiger partial charge in [-0.3, -0.25) is 4.55 Å². The molecule has 0 heterocycles. The standard InChI is InChI=1S/C17H28O3S.Na/c1-2-3-4-5-6-7-8-9-10-11-16-12-14-17(15-13-16)21(18,19)20;/h12-15H,2-11H2,1H3,(H,18,19,20);. The van der Waals surface area contributed by atoms with E-state index in [0.717, 1.165) is 18.4 Å². The summed E-state index contributed by atoms with van der Waals surface area (Å²) in [6.07, 6.45) is 12.7. The average Bonchev–Trinajstić information content (AvgIpc) is 2.45. The Bertz CT molecular complexity index is 483. The fourth-order valence-corrected chi connectivity index (χ4v) is 2.95. The maximum Gasteiger partial charge on any atom is 0.294 e. The number of hydrogen-bond acceptors (Lipinski definition) is 2. The first-order valence-corrected chi connectivity index (χ1v) is 9.54. The van der Waals surface area contributed by atoms with Gasteiger partial charge in [0.2, 0.25) is 0 Å². The van der Waals surface area contributed by atoms with Crippen molar-refractivity contribution < 1.29 is 13.0 Å². The Labute approximate surface area is 157 Å². The number of rotatable bonds is 11. The topological polar surface area (TPSA) is 54.4 Å². The summed E-state index contributed by atoms with van der Waals surface area (Å²) in [4.78, 5) is -0.0293. The van der Waals surface area contributed by atoms with E-state index < -0.39 is 10.1 Å². The second kappa shape index (κ2) is 12.5. The van der Waals surface area contributed by atoms with Crippen molar-refractivity contribution >= 4 is 39.7 Å². The van der Waals surface area contributed by atoms with Crippen LogP contribution in [0.2, 0.25) is 0 Å². The molecule has 0 saturated heterocycles. The predicted octanol–water partition coefficient (Wildman–Crippen LogP) is 4.63. The third kappa shape index (κ3) is 10.0. The smallest absolute Gasteiger partial charge is 0.282 e. The zero-order chi connectivity index (χ0) is 15.6. The molecule has 0 amide bonds. The first-order chi connectivity index (χ1) is 10.0. The van der Waals surface area contributed by atoms with Gasteiger partial charge in [-0.05, 0) is 30.5 Å². The van der Waals surface area contributed by atoms with Crippen molar-refractivity contribution in [3.63, 3.8) is 0 Å². The zero-order valence-corrected chi connectivity index (χ0v) is 16.9. The van der Waals surface area contributed by atoms with Gasteiger partial charge in [-0.2, -0.15) is 8.42 Å². The van der Waals surface area contributed by atoms with Gasteiger partial charge in [-0.15, -0.1) is 0 Å². The van der Waals surface area contributed by atoms with Crippen LogP contribution < -0.4 is 0 Å². The summed E-state index contributed by atoms with van der Waals surface area (Å²) in [7, 11) is -4.06. The first-order valence-electron chi connectivity index (χ1n) is 8.10.